The van der Waals surface area contributed by atoms with Gasteiger partial charge in [-0.25, -0.2) is 9.98 Å². The molecule has 0 radical (unpaired) electrons. The largest absolute Gasteiger partial charge is 0.490 e. The number of aryl methyl sites for hydroxylation is 2. The molecule has 9 heteroatoms. The van der Waals surface area contributed by atoms with Gasteiger partial charge in [-0.15, -0.1) is 11.3 Å². The molecule has 29 heavy (non-hydrogen) atoms. The van der Waals surface area contributed by atoms with Gasteiger partial charge in [0, 0.05) is 30.0 Å². The highest BCUT2D eigenvalue weighted by Crippen LogP contribution is 2.33. The second-order valence-corrected chi connectivity index (χ2v) is 7.46. The van der Waals surface area contributed by atoms with Gasteiger partial charge in [0.1, 0.15) is 0 Å². The van der Waals surface area contributed by atoms with Crippen LogP contribution in [0.1, 0.15) is 35.0 Å². The molecule has 0 bridgehead atoms. The maximum atomic E-state index is 12.9. The third-order valence-corrected chi connectivity index (χ3v) is 5.10. The van der Waals surface area contributed by atoms with Gasteiger partial charge in [0.25, 0.3) is 0 Å². The third-order valence-electron chi connectivity index (χ3n) is 3.96. The van der Waals surface area contributed by atoms with Crippen molar-refractivity contribution >= 4 is 17.3 Å². The lowest BCUT2D eigenvalue weighted by Gasteiger charge is -2.15. The standard InChI is InChI=1S/C20H28F2N4O2S/c1-5-23-20(24-11-10-17-13(3)26-14(4)29-17)25-12-15-8-7-9-16(27-6-2)18(15)28-19(21)22/h7-9,19H,5-6,10-12H2,1-4H3,(H2,23,24,25). The van der Waals surface area contributed by atoms with Crippen molar-refractivity contribution in [1.29, 1.82) is 0 Å². The highest BCUT2D eigenvalue weighted by molar-refractivity contribution is 7.11. The number of ether oxygens (including phenoxy) is 2. The molecular formula is C20H28F2N4O2S. The Morgan fingerprint density at radius 3 is 2.66 bits per heavy atom. The number of aromatic nitrogens is 1. The molecule has 0 spiro atoms. The number of alkyl halides is 2. The summed E-state index contributed by atoms with van der Waals surface area (Å²) >= 11 is 1.69. The van der Waals surface area contributed by atoms with Gasteiger partial charge in [-0.05, 0) is 33.8 Å². The van der Waals surface area contributed by atoms with Crippen molar-refractivity contribution in [3.63, 3.8) is 0 Å². The summed E-state index contributed by atoms with van der Waals surface area (Å²) in [6.45, 7) is 6.73. The normalized spacial score (nSPS) is 11.6. The summed E-state index contributed by atoms with van der Waals surface area (Å²) < 4.78 is 35.8. The van der Waals surface area contributed by atoms with E-state index in [1.54, 1.807) is 36.5 Å². The fraction of sp³-hybridized carbons (Fsp3) is 0.500. The van der Waals surface area contributed by atoms with Gasteiger partial charge < -0.3 is 20.1 Å². The van der Waals surface area contributed by atoms with Gasteiger partial charge in [0.2, 0.25) is 0 Å². The number of nitrogens with zero attached hydrogens (tertiary/aromatic N) is 2. The SMILES string of the molecule is CCNC(=NCc1cccc(OCC)c1OC(F)F)NCCc1sc(C)nc1C. The summed E-state index contributed by atoms with van der Waals surface area (Å²) in [5, 5.41) is 7.49. The van der Waals surface area contributed by atoms with Crippen molar-refractivity contribution in [3.8, 4) is 11.5 Å². The lowest BCUT2D eigenvalue weighted by Crippen LogP contribution is -2.38. The van der Waals surface area contributed by atoms with Gasteiger partial charge >= 0.3 is 6.61 Å². The number of aliphatic imine (C=N–C) groups is 1. The number of rotatable bonds is 10. The van der Waals surface area contributed by atoms with Crippen molar-refractivity contribution in [2.75, 3.05) is 19.7 Å². The number of hydrogen-bond acceptors (Lipinski definition) is 5. The third kappa shape index (κ3) is 7.16. The van der Waals surface area contributed by atoms with Gasteiger partial charge in [-0.1, -0.05) is 12.1 Å². The van der Waals surface area contributed by atoms with Crippen LogP contribution in [0.5, 0.6) is 11.5 Å². The number of hydrogen-bond donors (Lipinski definition) is 2. The molecule has 0 unspecified atom stereocenters. The first-order valence-electron chi connectivity index (χ1n) is 9.59. The van der Waals surface area contributed by atoms with Gasteiger partial charge in [-0.2, -0.15) is 8.78 Å². The first-order chi connectivity index (χ1) is 13.9. The summed E-state index contributed by atoms with van der Waals surface area (Å²) in [6.07, 6.45) is 0.835. The van der Waals surface area contributed by atoms with Crippen molar-refractivity contribution in [1.82, 2.24) is 15.6 Å². The summed E-state index contributed by atoms with van der Waals surface area (Å²) in [5.74, 6) is 0.922. The van der Waals surface area contributed by atoms with Gasteiger partial charge in [0.05, 0.1) is 23.9 Å². The highest BCUT2D eigenvalue weighted by atomic mass is 32.1. The first-order valence-corrected chi connectivity index (χ1v) is 10.4. The molecule has 2 rings (SSSR count). The minimum absolute atomic E-state index is 0.0275. The van der Waals surface area contributed by atoms with Crippen LogP contribution in [-0.2, 0) is 13.0 Å². The van der Waals surface area contributed by atoms with E-state index in [9.17, 15) is 8.78 Å². The number of nitrogens with one attached hydrogen (secondary N) is 2. The first kappa shape index (κ1) is 22.9. The van der Waals surface area contributed by atoms with E-state index < -0.39 is 6.61 Å². The van der Waals surface area contributed by atoms with Crippen LogP contribution in [0.15, 0.2) is 23.2 Å². The van der Waals surface area contributed by atoms with E-state index in [1.807, 2.05) is 20.8 Å². The molecule has 0 aliphatic carbocycles. The van der Waals surface area contributed by atoms with Crippen LogP contribution in [0.4, 0.5) is 8.78 Å². The molecule has 1 aromatic carbocycles. The second-order valence-electron chi connectivity index (χ2n) is 6.17. The van der Waals surface area contributed by atoms with Crippen LogP contribution in [0.25, 0.3) is 0 Å². The molecule has 6 nitrogen and oxygen atoms in total. The molecule has 0 saturated carbocycles. The molecule has 0 saturated heterocycles. The quantitative estimate of drug-likeness (QED) is 0.443. The lowest BCUT2D eigenvalue weighted by molar-refractivity contribution is -0.0520. The molecule has 0 aliphatic rings. The monoisotopic (exact) mass is 426 g/mol. The molecule has 2 N–H and O–H groups in total. The molecule has 1 aromatic heterocycles. The Hall–Kier alpha value is -2.42. The number of para-hydroxylation sites is 1. The fourth-order valence-electron chi connectivity index (χ4n) is 2.78. The highest BCUT2D eigenvalue weighted by Gasteiger charge is 2.15. The topological polar surface area (TPSA) is 67.8 Å². The van der Waals surface area contributed by atoms with E-state index in [-0.39, 0.29) is 18.0 Å². The molecule has 0 fully saturated rings. The van der Waals surface area contributed by atoms with Crippen LogP contribution in [0.3, 0.4) is 0 Å². The fourth-order valence-corrected chi connectivity index (χ4v) is 3.72. The van der Waals surface area contributed by atoms with Crippen LogP contribution >= 0.6 is 11.3 Å². The van der Waals surface area contributed by atoms with Crippen molar-refractivity contribution < 1.29 is 18.3 Å². The van der Waals surface area contributed by atoms with Gasteiger partial charge in [-0.3, -0.25) is 0 Å². The van der Waals surface area contributed by atoms with E-state index in [1.165, 1.54) is 4.88 Å². The molecule has 0 aliphatic heterocycles. The summed E-state index contributed by atoms with van der Waals surface area (Å²) in [7, 11) is 0. The number of guanidine groups is 1. The average molecular weight is 427 g/mol. The smallest absolute Gasteiger partial charge is 0.387 e. The Bertz CT molecular complexity index is 812. The minimum Gasteiger partial charge on any atom is -0.490 e. The van der Waals surface area contributed by atoms with E-state index >= 15 is 0 Å². The maximum Gasteiger partial charge on any atom is 0.387 e. The second kappa shape index (κ2) is 11.5. The maximum absolute atomic E-state index is 12.9. The Morgan fingerprint density at radius 2 is 2.03 bits per heavy atom. The van der Waals surface area contributed by atoms with Crippen LogP contribution < -0.4 is 20.1 Å². The van der Waals surface area contributed by atoms with Crippen molar-refractivity contribution in [2.45, 2.75) is 47.3 Å². The summed E-state index contributed by atoms with van der Waals surface area (Å²) in [5.41, 5.74) is 1.58. The van der Waals surface area contributed by atoms with Crippen LogP contribution in [0, 0.1) is 13.8 Å². The van der Waals surface area contributed by atoms with Crippen LogP contribution in [-0.4, -0.2) is 37.3 Å². The average Bonchev–Trinajstić information content (AvgIpc) is 2.98. The van der Waals surface area contributed by atoms with Crippen molar-refractivity contribution in [3.05, 3.63) is 39.3 Å². The molecule has 2 aromatic rings. The van der Waals surface area contributed by atoms with Gasteiger partial charge in [0.15, 0.2) is 17.5 Å². The number of halogens is 2. The zero-order valence-electron chi connectivity index (χ0n) is 17.2. The Balaban J connectivity index is 2.08. The molecule has 0 atom stereocenters. The summed E-state index contributed by atoms with van der Waals surface area (Å²) in [4.78, 5) is 10.2. The number of benzene rings is 1. The Morgan fingerprint density at radius 1 is 1.24 bits per heavy atom. The Kier molecular flexibility index (Phi) is 9.11. The van der Waals surface area contributed by atoms with Crippen LogP contribution in [0.2, 0.25) is 0 Å². The molecule has 160 valence electrons. The molecular weight excluding hydrogens is 398 g/mol. The van der Waals surface area contributed by atoms with E-state index in [0.717, 1.165) is 17.1 Å². The molecule has 0 amide bonds. The zero-order chi connectivity index (χ0) is 21.2. The minimum atomic E-state index is -2.93. The molecule has 1 heterocycles. The van der Waals surface area contributed by atoms with E-state index in [0.29, 0.717) is 31.2 Å². The van der Waals surface area contributed by atoms with E-state index in [4.69, 9.17) is 9.47 Å². The number of thiazole rings is 1. The lowest BCUT2D eigenvalue weighted by atomic mass is 10.2. The predicted molar refractivity (Wildman–Crippen MR) is 112 cm³/mol. The van der Waals surface area contributed by atoms with E-state index in [2.05, 4.69) is 20.6 Å². The predicted octanol–water partition coefficient (Wildman–Crippen LogP) is 4.06. The summed E-state index contributed by atoms with van der Waals surface area (Å²) in [6, 6.07) is 5.05. The van der Waals surface area contributed by atoms with Crippen molar-refractivity contribution in [2.24, 2.45) is 4.99 Å². The zero-order valence-corrected chi connectivity index (χ0v) is 18.0. The Labute approximate surface area is 174 Å².